The van der Waals surface area contributed by atoms with E-state index in [0.717, 1.165) is 25.2 Å². The zero-order valence-electron chi connectivity index (χ0n) is 10.6. The fraction of sp³-hybridized carbons (Fsp3) is 0.357. The third kappa shape index (κ3) is 1.94. The molecule has 4 heteroatoms. The zero-order chi connectivity index (χ0) is 12.5. The van der Waals surface area contributed by atoms with Crippen LogP contribution in [-0.2, 0) is 13.0 Å². The van der Waals surface area contributed by atoms with Crippen molar-refractivity contribution in [2.45, 2.75) is 25.9 Å². The van der Waals surface area contributed by atoms with Crippen LogP contribution < -0.4 is 10.6 Å². The van der Waals surface area contributed by atoms with Gasteiger partial charge in [-0.1, -0.05) is 18.2 Å². The number of fused-ring (bicyclic) bond motifs is 1. The van der Waals surface area contributed by atoms with Crippen molar-refractivity contribution in [2.75, 3.05) is 17.2 Å². The highest BCUT2D eigenvalue weighted by molar-refractivity contribution is 5.59. The van der Waals surface area contributed by atoms with Crippen molar-refractivity contribution in [1.82, 2.24) is 9.78 Å². The zero-order valence-corrected chi connectivity index (χ0v) is 10.6. The van der Waals surface area contributed by atoms with Crippen molar-refractivity contribution in [3.8, 4) is 0 Å². The molecule has 2 heterocycles. The minimum Gasteiger partial charge on any atom is -0.396 e. The van der Waals surface area contributed by atoms with Gasteiger partial charge in [0, 0.05) is 24.5 Å². The minimum atomic E-state index is 0.565. The molecular weight excluding hydrogens is 224 g/mol. The number of hydrogen-bond donors (Lipinski definition) is 1. The molecule has 18 heavy (non-hydrogen) atoms. The van der Waals surface area contributed by atoms with Gasteiger partial charge in [0.15, 0.2) is 0 Å². The number of hydrogen-bond acceptors (Lipinski definition) is 3. The van der Waals surface area contributed by atoms with E-state index in [4.69, 9.17) is 5.73 Å². The molecule has 1 aliphatic rings. The molecule has 1 unspecified atom stereocenters. The molecule has 4 nitrogen and oxygen atoms in total. The van der Waals surface area contributed by atoms with E-state index in [1.165, 1.54) is 11.3 Å². The molecule has 1 aliphatic heterocycles. The molecule has 2 N–H and O–H groups in total. The van der Waals surface area contributed by atoms with Gasteiger partial charge < -0.3 is 10.6 Å². The van der Waals surface area contributed by atoms with E-state index in [1.807, 2.05) is 10.9 Å². The number of nitrogens with zero attached hydrogens (tertiary/aromatic N) is 3. The molecule has 0 saturated carbocycles. The summed E-state index contributed by atoms with van der Waals surface area (Å²) in [4.78, 5) is 2.45. The summed E-state index contributed by atoms with van der Waals surface area (Å²) in [6.07, 6.45) is 4.71. The number of benzene rings is 1. The first kappa shape index (κ1) is 11.1. The number of nitrogens with two attached hydrogens (primary N) is 1. The summed E-state index contributed by atoms with van der Waals surface area (Å²) in [5, 5.41) is 4.22. The minimum absolute atomic E-state index is 0.565. The van der Waals surface area contributed by atoms with E-state index < -0.39 is 0 Å². The molecule has 1 atom stereocenters. The van der Waals surface area contributed by atoms with Gasteiger partial charge in [-0.2, -0.15) is 5.10 Å². The van der Waals surface area contributed by atoms with E-state index in [0.29, 0.717) is 6.04 Å². The van der Waals surface area contributed by atoms with Crippen LogP contribution in [-0.4, -0.2) is 22.4 Å². The maximum atomic E-state index is 5.67. The molecule has 0 fully saturated rings. The van der Waals surface area contributed by atoms with Crippen LogP contribution in [0.2, 0.25) is 0 Å². The summed E-state index contributed by atoms with van der Waals surface area (Å²) >= 11 is 0. The molecule has 0 saturated heterocycles. The quantitative estimate of drug-likeness (QED) is 0.894. The molecule has 3 rings (SSSR count). The van der Waals surface area contributed by atoms with Crippen molar-refractivity contribution >= 4 is 11.4 Å². The Morgan fingerprint density at radius 2 is 2.17 bits per heavy atom. The summed E-state index contributed by atoms with van der Waals surface area (Å²) in [6.45, 7) is 4.12. The summed E-state index contributed by atoms with van der Waals surface area (Å²) in [5.41, 5.74) is 9.21. The monoisotopic (exact) mass is 242 g/mol. The molecule has 94 valence electrons. The molecule has 2 aromatic rings. The van der Waals surface area contributed by atoms with Gasteiger partial charge in [0.1, 0.15) is 0 Å². The third-order valence-corrected chi connectivity index (χ3v) is 3.57. The van der Waals surface area contributed by atoms with Crippen LogP contribution >= 0.6 is 0 Å². The second-order valence-corrected chi connectivity index (χ2v) is 4.91. The maximum absolute atomic E-state index is 5.67. The van der Waals surface area contributed by atoms with Gasteiger partial charge in [-0.05, 0) is 25.0 Å². The fourth-order valence-electron chi connectivity index (χ4n) is 2.68. The lowest BCUT2D eigenvalue weighted by molar-refractivity contribution is 0.569. The second kappa shape index (κ2) is 4.37. The standard InChI is InChI=1S/C14H18N4/c1-11-8-12-4-2-3-5-14(12)18(11)7-6-17-10-13(15)9-16-17/h2-5,9-11H,6-8,15H2,1H3. The van der Waals surface area contributed by atoms with Crippen molar-refractivity contribution in [3.05, 3.63) is 42.2 Å². The number of nitrogen functional groups attached to an aromatic ring is 1. The van der Waals surface area contributed by atoms with Gasteiger partial charge in [0.25, 0.3) is 0 Å². The molecule has 0 amide bonds. The largest absolute Gasteiger partial charge is 0.396 e. The fourth-order valence-corrected chi connectivity index (χ4v) is 2.68. The topological polar surface area (TPSA) is 47.1 Å². The Morgan fingerprint density at radius 1 is 1.33 bits per heavy atom. The average Bonchev–Trinajstić information content (AvgIpc) is 2.90. The molecule has 0 bridgehead atoms. The lowest BCUT2D eigenvalue weighted by Crippen LogP contribution is -2.32. The van der Waals surface area contributed by atoms with Crippen LogP contribution in [0.5, 0.6) is 0 Å². The Labute approximate surface area is 107 Å². The van der Waals surface area contributed by atoms with Gasteiger partial charge in [0.05, 0.1) is 18.4 Å². The number of para-hydroxylation sites is 1. The van der Waals surface area contributed by atoms with Crippen molar-refractivity contribution < 1.29 is 0 Å². The average molecular weight is 242 g/mol. The highest BCUT2D eigenvalue weighted by atomic mass is 15.3. The van der Waals surface area contributed by atoms with Gasteiger partial charge in [0.2, 0.25) is 0 Å². The van der Waals surface area contributed by atoms with E-state index in [1.54, 1.807) is 6.20 Å². The molecule has 0 spiro atoms. The predicted molar refractivity (Wildman–Crippen MR) is 73.6 cm³/mol. The molecule has 0 radical (unpaired) electrons. The van der Waals surface area contributed by atoms with E-state index in [-0.39, 0.29) is 0 Å². The Kier molecular flexibility index (Phi) is 2.70. The summed E-state index contributed by atoms with van der Waals surface area (Å²) in [6, 6.07) is 9.21. The highest BCUT2D eigenvalue weighted by Crippen LogP contribution is 2.31. The lowest BCUT2D eigenvalue weighted by atomic mass is 10.1. The van der Waals surface area contributed by atoms with Gasteiger partial charge >= 0.3 is 0 Å². The van der Waals surface area contributed by atoms with Gasteiger partial charge in [-0.25, -0.2) is 0 Å². The predicted octanol–water partition coefficient (Wildman–Crippen LogP) is 1.92. The first-order valence-corrected chi connectivity index (χ1v) is 6.36. The van der Waals surface area contributed by atoms with Crippen LogP contribution in [0.4, 0.5) is 11.4 Å². The maximum Gasteiger partial charge on any atom is 0.0719 e. The van der Waals surface area contributed by atoms with Crippen molar-refractivity contribution in [2.24, 2.45) is 0 Å². The van der Waals surface area contributed by atoms with Crippen LogP contribution in [0.15, 0.2) is 36.7 Å². The van der Waals surface area contributed by atoms with Crippen molar-refractivity contribution in [1.29, 1.82) is 0 Å². The van der Waals surface area contributed by atoms with E-state index >= 15 is 0 Å². The summed E-state index contributed by atoms with van der Waals surface area (Å²) < 4.78 is 1.91. The molecule has 0 aliphatic carbocycles. The SMILES string of the molecule is CC1Cc2ccccc2N1CCn1cc(N)cn1. The van der Waals surface area contributed by atoms with Gasteiger partial charge in [-0.15, -0.1) is 0 Å². The van der Waals surface area contributed by atoms with Crippen LogP contribution in [0.3, 0.4) is 0 Å². The van der Waals surface area contributed by atoms with E-state index in [2.05, 4.69) is 41.2 Å². The van der Waals surface area contributed by atoms with Crippen LogP contribution in [0.25, 0.3) is 0 Å². The first-order valence-electron chi connectivity index (χ1n) is 6.36. The Hall–Kier alpha value is -1.97. The van der Waals surface area contributed by atoms with Crippen LogP contribution in [0.1, 0.15) is 12.5 Å². The third-order valence-electron chi connectivity index (χ3n) is 3.57. The Balaban J connectivity index is 1.73. The van der Waals surface area contributed by atoms with Gasteiger partial charge in [-0.3, -0.25) is 4.68 Å². The summed E-state index contributed by atoms with van der Waals surface area (Å²) in [7, 11) is 0. The molecular formula is C14H18N4. The summed E-state index contributed by atoms with van der Waals surface area (Å²) in [5.74, 6) is 0. The smallest absolute Gasteiger partial charge is 0.0719 e. The Morgan fingerprint density at radius 3 is 2.94 bits per heavy atom. The number of anilines is 2. The molecule has 1 aromatic heterocycles. The highest BCUT2D eigenvalue weighted by Gasteiger charge is 2.24. The van der Waals surface area contributed by atoms with Crippen molar-refractivity contribution in [3.63, 3.8) is 0 Å². The number of rotatable bonds is 3. The number of aromatic nitrogens is 2. The lowest BCUT2D eigenvalue weighted by Gasteiger charge is -2.24. The molecule has 1 aromatic carbocycles. The Bertz CT molecular complexity index is 546. The second-order valence-electron chi connectivity index (χ2n) is 4.91. The van der Waals surface area contributed by atoms with Crippen LogP contribution in [0, 0.1) is 0 Å². The van der Waals surface area contributed by atoms with E-state index in [9.17, 15) is 0 Å². The normalized spacial score (nSPS) is 18.1. The first-order chi connectivity index (χ1) is 8.74.